The summed E-state index contributed by atoms with van der Waals surface area (Å²) in [5.74, 6) is 0. The fraction of sp³-hybridized carbons (Fsp3) is 0. The van der Waals surface area contributed by atoms with Crippen LogP contribution >= 0.6 is 0 Å². The van der Waals surface area contributed by atoms with Crippen LogP contribution in [0, 0.1) is 0 Å². The van der Waals surface area contributed by atoms with Gasteiger partial charge in [-0.15, -0.1) is 0 Å². The molecule has 0 aromatic rings. The number of hydrogen-bond acceptors (Lipinski definition) is 0. The molecular weight excluding hydrogens is 127 g/mol. The minimum absolute atomic E-state index is 0. The summed E-state index contributed by atoms with van der Waals surface area (Å²) in [4.78, 5) is 0. The Morgan fingerprint density at radius 1 is 1.00 bits per heavy atom. The van der Waals surface area contributed by atoms with Gasteiger partial charge in [-0.2, -0.15) is 0 Å². The van der Waals surface area contributed by atoms with Gasteiger partial charge in [-0.3, -0.25) is 0 Å². The van der Waals surface area contributed by atoms with Gasteiger partial charge >= 0.3 is 0 Å². The number of hydrogen-bond donors (Lipinski definition) is 0. The first-order chi connectivity index (χ1) is 0. The van der Waals surface area contributed by atoms with Gasteiger partial charge < -0.3 is 0 Å². The third-order valence-corrected chi connectivity index (χ3v) is 0. The van der Waals surface area contributed by atoms with Gasteiger partial charge in [-0.1, -0.05) is 0 Å². The maximum atomic E-state index is 0. The Kier molecular flexibility index (Phi) is 590. The number of nitrogens with zero attached hydrogens (tertiary/aromatic N) is 1. The topological polar surface area (TPSA) is 59.0 Å². The van der Waals surface area contributed by atoms with Crippen molar-refractivity contribution >= 4 is 37.2 Å². The Morgan fingerprint density at radius 3 is 1.00 bits per heavy atom. The molecule has 0 aromatic heterocycles. The third-order valence-electron chi connectivity index (χ3n) is 0. The van der Waals surface area contributed by atoms with Crippen molar-refractivity contribution in [2.45, 2.75) is 0 Å². The summed E-state index contributed by atoms with van der Waals surface area (Å²) in [5.41, 5.74) is 0. The molecule has 17 valence electrons. The molecular formula is AlGaNO. The molecule has 0 fully saturated rings. The van der Waals surface area contributed by atoms with Gasteiger partial charge in [0.2, 0.25) is 0 Å². The van der Waals surface area contributed by atoms with Crippen LogP contribution in [0.25, 0.3) is 0 Å². The van der Waals surface area contributed by atoms with Crippen molar-refractivity contribution in [1.29, 1.82) is 0 Å². The van der Waals surface area contributed by atoms with Crippen LogP contribution in [0.5, 0.6) is 0 Å². The van der Waals surface area contributed by atoms with E-state index in [1.54, 1.807) is 0 Å². The zero-order valence-electron chi connectivity index (χ0n) is 2.01. The Labute approximate surface area is 49.0 Å². The molecule has 0 aliphatic rings. The minimum Gasteiger partial charge on any atom is 0 e. The van der Waals surface area contributed by atoms with Crippen molar-refractivity contribution in [3.05, 3.63) is 0 Å². The van der Waals surface area contributed by atoms with Crippen LogP contribution in [0.4, 0.5) is 0 Å². The van der Waals surface area contributed by atoms with Crippen molar-refractivity contribution in [3.8, 4) is 0 Å². The van der Waals surface area contributed by atoms with E-state index in [-0.39, 0.29) is 48.8 Å². The molecule has 0 saturated heterocycles. The molecule has 0 aliphatic heterocycles. The summed E-state index contributed by atoms with van der Waals surface area (Å²) in [7, 11) is 0. The fourth-order valence-electron chi connectivity index (χ4n) is 0. The van der Waals surface area contributed by atoms with E-state index in [9.17, 15) is 0 Å². The molecule has 0 bridgehead atoms. The van der Waals surface area contributed by atoms with E-state index in [1.165, 1.54) is 0 Å². The summed E-state index contributed by atoms with van der Waals surface area (Å²) in [6, 6.07) is 0. The molecule has 0 unspecified atom stereocenters. The molecule has 0 aliphatic carbocycles. The van der Waals surface area contributed by atoms with E-state index in [0.717, 1.165) is 0 Å². The molecule has 0 heterocycles. The largest absolute Gasteiger partial charge is 0 e. The van der Waals surface area contributed by atoms with Gasteiger partial charge in [0, 0.05) is 48.8 Å². The Morgan fingerprint density at radius 2 is 1.00 bits per heavy atom. The molecule has 0 aromatic carbocycles. The fourth-order valence-corrected chi connectivity index (χ4v) is 0. The molecule has 4 heteroatoms. The van der Waals surface area contributed by atoms with E-state index in [0.29, 0.717) is 0 Å². The molecule has 2 nitrogen and oxygen atoms in total. The quantitative estimate of drug-likeness (QED) is 0.360. The van der Waals surface area contributed by atoms with Crippen molar-refractivity contribution in [1.82, 2.24) is 6.15 Å². The number of rotatable bonds is 0. The summed E-state index contributed by atoms with van der Waals surface area (Å²) in [6.07, 6.45) is 0. The molecule has 0 atom stereocenters. The second kappa shape index (κ2) is 32.9. The Bertz CT molecular complexity index is 8.00. The van der Waals surface area contributed by atoms with E-state index >= 15 is 0 Å². The van der Waals surface area contributed by atoms with E-state index in [4.69, 9.17) is 0 Å². The van der Waals surface area contributed by atoms with Gasteiger partial charge in [0.25, 0.3) is 0 Å². The molecule has 4 heavy (non-hydrogen) atoms. The summed E-state index contributed by atoms with van der Waals surface area (Å²) in [6.45, 7) is 0. The SMILES string of the molecule is [Al].[Ga].[N].[O]. The summed E-state index contributed by atoms with van der Waals surface area (Å²) < 4.78 is 0. The minimum atomic E-state index is 0. The van der Waals surface area contributed by atoms with E-state index in [1.807, 2.05) is 0 Å². The average molecular weight is 127 g/mol. The molecule has 0 spiro atoms. The van der Waals surface area contributed by atoms with Gasteiger partial charge in [-0.05, 0) is 0 Å². The van der Waals surface area contributed by atoms with Crippen LogP contribution in [0.3, 0.4) is 0 Å². The smallest absolute Gasteiger partial charge is 0 e. The molecule has 11 radical (unpaired) electrons. The van der Waals surface area contributed by atoms with E-state index < -0.39 is 0 Å². The molecule has 0 amide bonds. The maximum Gasteiger partial charge on any atom is 0 e. The van der Waals surface area contributed by atoms with Gasteiger partial charge in [0.1, 0.15) is 0 Å². The second-order valence-corrected chi connectivity index (χ2v) is 0. The van der Waals surface area contributed by atoms with Gasteiger partial charge in [0.05, 0.1) is 0 Å². The average Bonchev–Trinajstić information content (AvgIpc) is 0. The van der Waals surface area contributed by atoms with Gasteiger partial charge in [0.15, 0.2) is 0 Å². The summed E-state index contributed by atoms with van der Waals surface area (Å²) in [5, 5.41) is 0. The van der Waals surface area contributed by atoms with Crippen molar-refractivity contribution in [3.63, 3.8) is 0 Å². The van der Waals surface area contributed by atoms with E-state index in [2.05, 4.69) is 0 Å². The van der Waals surface area contributed by atoms with Crippen LogP contribution in [0.1, 0.15) is 0 Å². The standard InChI is InChI=1S/Al.Ga.N.O. The predicted molar refractivity (Wildman–Crippen MR) is 14.3 cm³/mol. The molecule has 0 rings (SSSR count). The molecule has 0 N–H and O–H groups in total. The monoisotopic (exact) mass is 126 g/mol. The molecule has 0 saturated carbocycles. The predicted octanol–water partition coefficient (Wildman–Crippen LogP) is -1.36. The van der Waals surface area contributed by atoms with Crippen LogP contribution in [0.15, 0.2) is 0 Å². The van der Waals surface area contributed by atoms with Crippen molar-refractivity contribution < 1.29 is 5.48 Å². The zero-order valence-corrected chi connectivity index (χ0v) is 5.59. The first-order valence-electron chi connectivity index (χ1n) is 0. The summed E-state index contributed by atoms with van der Waals surface area (Å²) >= 11 is 0. The van der Waals surface area contributed by atoms with Gasteiger partial charge in [-0.25, -0.2) is 0 Å². The first kappa shape index (κ1) is 71.8. The van der Waals surface area contributed by atoms with Crippen molar-refractivity contribution in [2.24, 2.45) is 0 Å². The maximum absolute atomic E-state index is 0. The zero-order chi connectivity index (χ0) is 0. The van der Waals surface area contributed by atoms with Crippen molar-refractivity contribution in [2.75, 3.05) is 0 Å². The van der Waals surface area contributed by atoms with Crippen LogP contribution in [-0.2, 0) is 5.48 Å². The Hall–Kier alpha value is 1.09. The van der Waals surface area contributed by atoms with Crippen LogP contribution in [-0.4, -0.2) is 37.2 Å². The third kappa shape index (κ3) is 11.4. The first-order valence-corrected chi connectivity index (χ1v) is 0. The van der Waals surface area contributed by atoms with Crippen LogP contribution in [0.2, 0.25) is 0 Å². The van der Waals surface area contributed by atoms with Crippen LogP contribution < -0.4 is 6.15 Å². The normalized spacial score (nSPS) is 0. The Balaban J connectivity index is 0. The second-order valence-electron chi connectivity index (χ2n) is 0.